The largest absolute Gasteiger partial charge is 0.366 e. The minimum absolute atomic E-state index is 0.172. The van der Waals surface area contributed by atoms with Crippen LogP contribution in [0.2, 0.25) is 0 Å². The van der Waals surface area contributed by atoms with Crippen molar-refractivity contribution in [1.82, 2.24) is 9.80 Å². The summed E-state index contributed by atoms with van der Waals surface area (Å²) in [5, 5.41) is 0. The molecular formula is C19H23N3O2. The first kappa shape index (κ1) is 15.4. The number of rotatable bonds is 4. The molecule has 1 aromatic rings. The van der Waals surface area contributed by atoms with Gasteiger partial charge in [-0.3, -0.25) is 19.4 Å². The molecule has 1 unspecified atom stereocenters. The highest BCUT2D eigenvalue weighted by atomic mass is 16.2. The molecule has 0 bridgehead atoms. The van der Waals surface area contributed by atoms with Crippen molar-refractivity contribution in [2.45, 2.75) is 25.3 Å². The van der Waals surface area contributed by atoms with E-state index in [0.29, 0.717) is 12.6 Å². The first-order valence-electron chi connectivity index (χ1n) is 8.83. The van der Waals surface area contributed by atoms with Gasteiger partial charge in [-0.05, 0) is 37.4 Å². The van der Waals surface area contributed by atoms with Crippen molar-refractivity contribution >= 4 is 17.5 Å². The number of fused-ring (bicyclic) bond motifs is 3. The fourth-order valence-corrected chi connectivity index (χ4v) is 4.12. The van der Waals surface area contributed by atoms with Crippen LogP contribution in [0.25, 0.3) is 0 Å². The Balaban J connectivity index is 1.30. The van der Waals surface area contributed by atoms with E-state index in [0.717, 1.165) is 39.0 Å². The summed E-state index contributed by atoms with van der Waals surface area (Å²) >= 11 is 0. The molecule has 1 saturated heterocycles. The lowest BCUT2D eigenvalue weighted by atomic mass is 9.94. The monoisotopic (exact) mass is 325 g/mol. The summed E-state index contributed by atoms with van der Waals surface area (Å²) in [7, 11) is 0. The smallest absolute Gasteiger partial charge is 0.253 e. The fourth-order valence-electron chi connectivity index (χ4n) is 4.12. The lowest BCUT2D eigenvalue weighted by molar-refractivity contribution is -0.136. The second-order valence-electron chi connectivity index (χ2n) is 6.83. The molecule has 1 fully saturated rings. The maximum absolute atomic E-state index is 11.6. The number of benzene rings is 1. The third kappa shape index (κ3) is 2.84. The van der Waals surface area contributed by atoms with E-state index in [1.165, 1.54) is 34.7 Å². The highest BCUT2D eigenvalue weighted by Gasteiger charge is 2.31. The first-order chi connectivity index (χ1) is 11.7. The van der Waals surface area contributed by atoms with Gasteiger partial charge in [-0.25, -0.2) is 0 Å². The van der Waals surface area contributed by atoms with Crippen LogP contribution in [-0.2, 0) is 16.0 Å². The quantitative estimate of drug-likeness (QED) is 0.786. The number of piperazine rings is 1. The van der Waals surface area contributed by atoms with Gasteiger partial charge in [0.2, 0.25) is 0 Å². The molecule has 0 N–H and O–H groups in total. The van der Waals surface area contributed by atoms with Gasteiger partial charge in [0.1, 0.15) is 0 Å². The fraction of sp³-hybridized carbons (Fsp3) is 0.474. The number of carbonyl (C=O) groups excluding carboxylic acids is 2. The van der Waals surface area contributed by atoms with E-state index in [9.17, 15) is 9.59 Å². The molecule has 0 aliphatic carbocycles. The van der Waals surface area contributed by atoms with E-state index >= 15 is 0 Å². The molecule has 5 nitrogen and oxygen atoms in total. The molecule has 3 aliphatic heterocycles. The van der Waals surface area contributed by atoms with Crippen LogP contribution in [0, 0.1) is 0 Å². The van der Waals surface area contributed by atoms with Gasteiger partial charge in [0.25, 0.3) is 11.8 Å². The van der Waals surface area contributed by atoms with Crippen molar-refractivity contribution < 1.29 is 9.59 Å². The number of nitrogens with zero attached hydrogens (tertiary/aromatic N) is 3. The zero-order valence-electron chi connectivity index (χ0n) is 13.9. The van der Waals surface area contributed by atoms with Crippen molar-refractivity contribution in [3.63, 3.8) is 0 Å². The Bertz CT molecular complexity index is 667. The predicted molar refractivity (Wildman–Crippen MR) is 92.8 cm³/mol. The van der Waals surface area contributed by atoms with E-state index in [1.54, 1.807) is 0 Å². The molecule has 0 saturated carbocycles. The van der Waals surface area contributed by atoms with Crippen LogP contribution in [-0.4, -0.2) is 60.4 Å². The average molecular weight is 325 g/mol. The standard InChI is InChI=1S/C19H23N3O2/c23-18-8-9-19(24)22(18)11-3-10-20-12-13-21-16(14-20)7-6-15-4-1-2-5-17(15)21/h1-2,4-5,8-9,16H,3,6-7,10-14H2. The van der Waals surface area contributed by atoms with Gasteiger partial charge in [0.15, 0.2) is 0 Å². The van der Waals surface area contributed by atoms with Crippen LogP contribution >= 0.6 is 0 Å². The molecule has 4 rings (SSSR count). The Labute approximate surface area is 142 Å². The summed E-state index contributed by atoms with van der Waals surface area (Å²) in [6.07, 6.45) is 5.94. The normalized spacial score (nSPS) is 23.6. The van der Waals surface area contributed by atoms with E-state index in [2.05, 4.69) is 34.1 Å². The minimum Gasteiger partial charge on any atom is -0.366 e. The summed E-state index contributed by atoms with van der Waals surface area (Å²) in [4.78, 5) is 29.5. The molecule has 5 heteroatoms. The van der Waals surface area contributed by atoms with E-state index in [1.807, 2.05) is 0 Å². The molecule has 0 spiro atoms. The molecule has 0 aromatic heterocycles. The summed E-state index contributed by atoms with van der Waals surface area (Å²) in [5.74, 6) is -0.345. The average Bonchev–Trinajstić information content (AvgIpc) is 2.93. The summed E-state index contributed by atoms with van der Waals surface area (Å²) in [6, 6.07) is 9.34. The third-order valence-corrected chi connectivity index (χ3v) is 5.37. The minimum atomic E-state index is -0.172. The van der Waals surface area contributed by atoms with Crippen molar-refractivity contribution in [1.29, 1.82) is 0 Å². The van der Waals surface area contributed by atoms with Crippen molar-refractivity contribution in [3.05, 3.63) is 42.0 Å². The van der Waals surface area contributed by atoms with Gasteiger partial charge >= 0.3 is 0 Å². The number of aryl methyl sites for hydroxylation is 1. The van der Waals surface area contributed by atoms with Crippen LogP contribution in [0.4, 0.5) is 5.69 Å². The Kier molecular flexibility index (Phi) is 4.10. The van der Waals surface area contributed by atoms with Crippen molar-refractivity contribution in [2.75, 3.05) is 37.6 Å². The van der Waals surface area contributed by atoms with Gasteiger partial charge in [0.05, 0.1) is 0 Å². The number of amides is 2. The van der Waals surface area contributed by atoms with Gasteiger partial charge < -0.3 is 4.90 Å². The van der Waals surface area contributed by atoms with Crippen molar-refractivity contribution in [2.24, 2.45) is 0 Å². The Hall–Kier alpha value is -2.14. The molecule has 3 aliphatic rings. The second-order valence-corrected chi connectivity index (χ2v) is 6.83. The molecule has 1 aromatic carbocycles. The number of hydrogen-bond donors (Lipinski definition) is 0. The van der Waals surface area contributed by atoms with Crippen molar-refractivity contribution in [3.8, 4) is 0 Å². The number of imide groups is 1. The molecule has 24 heavy (non-hydrogen) atoms. The van der Waals surface area contributed by atoms with Gasteiger partial charge in [-0.2, -0.15) is 0 Å². The SMILES string of the molecule is O=C1C=CC(=O)N1CCCN1CCN2c3ccccc3CCC2C1. The van der Waals surface area contributed by atoms with Gasteiger partial charge in [-0.1, -0.05) is 18.2 Å². The number of anilines is 1. The summed E-state index contributed by atoms with van der Waals surface area (Å²) < 4.78 is 0. The summed E-state index contributed by atoms with van der Waals surface area (Å²) in [6.45, 7) is 4.66. The van der Waals surface area contributed by atoms with Gasteiger partial charge in [0, 0.05) is 50.1 Å². The maximum atomic E-state index is 11.6. The Morgan fingerprint density at radius 3 is 2.62 bits per heavy atom. The van der Waals surface area contributed by atoms with Crippen LogP contribution in [0.3, 0.4) is 0 Å². The van der Waals surface area contributed by atoms with Crippen LogP contribution < -0.4 is 4.90 Å². The molecule has 126 valence electrons. The molecule has 0 radical (unpaired) electrons. The molecule has 2 amide bonds. The second kappa shape index (κ2) is 6.40. The predicted octanol–water partition coefficient (Wildman–Crippen LogP) is 1.44. The zero-order valence-corrected chi connectivity index (χ0v) is 13.9. The Morgan fingerprint density at radius 2 is 1.79 bits per heavy atom. The van der Waals surface area contributed by atoms with Gasteiger partial charge in [-0.15, -0.1) is 0 Å². The number of para-hydroxylation sites is 1. The highest BCUT2D eigenvalue weighted by Crippen LogP contribution is 2.32. The number of carbonyl (C=O) groups is 2. The topological polar surface area (TPSA) is 43.9 Å². The third-order valence-electron chi connectivity index (χ3n) is 5.37. The maximum Gasteiger partial charge on any atom is 0.253 e. The lowest BCUT2D eigenvalue weighted by Crippen LogP contribution is -2.55. The zero-order chi connectivity index (χ0) is 16.5. The van der Waals surface area contributed by atoms with E-state index in [-0.39, 0.29) is 11.8 Å². The van der Waals surface area contributed by atoms with Crippen LogP contribution in [0.5, 0.6) is 0 Å². The van der Waals surface area contributed by atoms with Crippen LogP contribution in [0.1, 0.15) is 18.4 Å². The van der Waals surface area contributed by atoms with E-state index < -0.39 is 0 Å². The molecule has 3 heterocycles. The summed E-state index contributed by atoms with van der Waals surface area (Å²) in [5.41, 5.74) is 2.88. The van der Waals surface area contributed by atoms with E-state index in [4.69, 9.17) is 0 Å². The lowest BCUT2D eigenvalue weighted by Gasteiger charge is -2.46. The highest BCUT2D eigenvalue weighted by molar-refractivity contribution is 6.12. The Morgan fingerprint density at radius 1 is 1.00 bits per heavy atom. The molecule has 1 atom stereocenters. The number of hydrogen-bond acceptors (Lipinski definition) is 4. The molecular weight excluding hydrogens is 302 g/mol. The first-order valence-corrected chi connectivity index (χ1v) is 8.83. The van der Waals surface area contributed by atoms with Crippen LogP contribution in [0.15, 0.2) is 36.4 Å².